The number of hydrogen-bond acceptors (Lipinski definition) is 3. The van der Waals surface area contributed by atoms with Gasteiger partial charge in [-0.2, -0.15) is 0 Å². The van der Waals surface area contributed by atoms with E-state index in [-0.39, 0.29) is 11.5 Å². The summed E-state index contributed by atoms with van der Waals surface area (Å²) in [5, 5.41) is 8.79. The second kappa shape index (κ2) is 9.32. The predicted molar refractivity (Wildman–Crippen MR) is 99.5 cm³/mol. The lowest BCUT2D eigenvalue weighted by atomic mass is 10.0. The Morgan fingerprint density at radius 2 is 1.46 bits per heavy atom. The molecule has 0 heterocycles. The number of sulfonamides is 1. The van der Waals surface area contributed by atoms with E-state index in [0.29, 0.717) is 13.0 Å². The second-order valence-corrected chi connectivity index (χ2v) is 8.28. The molecule has 0 unspecified atom stereocenters. The molecule has 4 nitrogen and oxygen atoms in total. The largest absolute Gasteiger partial charge is 0.396 e. The van der Waals surface area contributed by atoms with Gasteiger partial charge < -0.3 is 5.11 Å². The maximum absolute atomic E-state index is 12.2. The highest BCUT2D eigenvalue weighted by Crippen LogP contribution is 2.14. The van der Waals surface area contributed by atoms with Crippen LogP contribution in [-0.2, 0) is 22.9 Å². The van der Waals surface area contributed by atoms with Crippen LogP contribution in [0.1, 0.15) is 24.0 Å². The van der Waals surface area contributed by atoms with E-state index < -0.39 is 10.0 Å². The first-order valence-electron chi connectivity index (χ1n) is 7.95. The third kappa shape index (κ3) is 6.02. The van der Waals surface area contributed by atoms with Crippen molar-refractivity contribution >= 4 is 26.0 Å². The zero-order valence-corrected chi connectivity index (χ0v) is 15.8. The molecule has 0 fully saturated rings. The Morgan fingerprint density at radius 1 is 0.875 bits per heavy atom. The minimum atomic E-state index is -3.46. The summed E-state index contributed by atoms with van der Waals surface area (Å²) in [4.78, 5) is 0.268. The Kier molecular flexibility index (Phi) is 7.42. The first kappa shape index (κ1) is 19.1. The van der Waals surface area contributed by atoms with Crippen LogP contribution in [0.2, 0.25) is 0 Å². The van der Waals surface area contributed by atoms with Crippen molar-refractivity contribution in [3.05, 3.63) is 64.1 Å². The van der Waals surface area contributed by atoms with Crippen LogP contribution in [0.4, 0.5) is 0 Å². The Hall–Kier alpha value is -1.21. The second-order valence-electron chi connectivity index (χ2n) is 5.60. The third-order valence-corrected chi connectivity index (χ3v) is 5.73. The number of rotatable bonds is 9. The zero-order valence-electron chi connectivity index (χ0n) is 13.4. The summed E-state index contributed by atoms with van der Waals surface area (Å²) in [6.45, 7) is 0.596. The molecule has 0 radical (unpaired) electrons. The predicted octanol–water partition coefficient (Wildman–Crippen LogP) is 3.29. The van der Waals surface area contributed by atoms with Gasteiger partial charge in [0, 0.05) is 17.6 Å². The lowest BCUT2D eigenvalue weighted by Gasteiger charge is -2.08. The van der Waals surface area contributed by atoms with Gasteiger partial charge in [0.05, 0.1) is 4.90 Å². The van der Waals surface area contributed by atoms with E-state index in [1.807, 2.05) is 12.1 Å². The van der Waals surface area contributed by atoms with E-state index in [2.05, 4.69) is 32.8 Å². The van der Waals surface area contributed by atoms with Crippen molar-refractivity contribution in [3.63, 3.8) is 0 Å². The summed E-state index contributed by atoms with van der Waals surface area (Å²) in [5.74, 6) is 0. The molecule has 2 N–H and O–H groups in total. The fraction of sp³-hybridized carbons (Fsp3) is 0.333. The van der Waals surface area contributed by atoms with E-state index in [4.69, 9.17) is 5.11 Å². The van der Waals surface area contributed by atoms with Crippen LogP contribution < -0.4 is 4.72 Å². The van der Waals surface area contributed by atoms with Crippen LogP contribution >= 0.6 is 15.9 Å². The Morgan fingerprint density at radius 3 is 2.04 bits per heavy atom. The van der Waals surface area contributed by atoms with Gasteiger partial charge in [-0.3, -0.25) is 0 Å². The van der Waals surface area contributed by atoms with Crippen molar-refractivity contribution in [1.82, 2.24) is 4.72 Å². The van der Waals surface area contributed by atoms with Crippen molar-refractivity contribution in [1.29, 1.82) is 0 Å². The third-order valence-electron chi connectivity index (χ3n) is 3.73. The molecule has 0 bridgehead atoms. The standard InChI is InChI=1S/C18H22BrNO3S/c19-17-8-10-18(11-9-17)24(22,23)20-13-12-16-6-4-15(5-7-16)3-1-2-14-21/h4-11,20-21H,1-3,12-14H2. The normalized spacial score (nSPS) is 11.6. The molecule has 0 saturated carbocycles. The number of halogens is 1. The minimum Gasteiger partial charge on any atom is -0.396 e. The number of aryl methyl sites for hydroxylation is 1. The molecular formula is C18H22BrNO3S. The van der Waals surface area contributed by atoms with Crippen molar-refractivity contribution in [3.8, 4) is 0 Å². The van der Waals surface area contributed by atoms with E-state index >= 15 is 0 Å². The molecule has 130 valence electrons. The molecule has 24 heavy (non-hydrogen) atoms. The summed E-state index contributed by atoms with van der Waals surface area (Å²) >= 11 is 3.29. The van der Waals surface area contributed by atoms with Gasteiger partial charge in [0.2, 0.25) is 10.0 Å². The molecule has 0 saturated heterocycles. The molecule has 0 aliphatic heterocycles. The van der Waals surface area contributed by atoms with Gasteiger partial charge in [0.1, 0.15) is 0 Å². The molecule has 0 aliphatic carbocycles. The van der Waals surface area contributed by atoms with Crippen molar-refractivity contribution in [2.24, 2.45) is 0 Å². The zero-order chi connectivity index (χ0) is 17.4. The van der Waals surface area contributed by atoms with Crippen LogP contribution in [0.15, 0.2) is 57.9 Å². The Bertz CT molecular complexity index is 728. The number of nitrogens with one attached hydrogen (secondary N) is 1. The van der Waals surface area contributed by atoms with E-state index in [0.717, 1.165) is 29.3 Å². The topological polar surface area (TPSA) is 66.4 Å². The quantitative estimate of drug-likeness (QED) is 0.622. The molecule has 2 aromatic rings. The van der Waals surface area contributed by atoms with Crippen molar-refractivity contribution in [2.45, 2.75) is 30.6 Å². The summed E-state index contributed by atoms with van der Waals surface area (Å²) in [5.41, 5.74) is 2.34. The number of hydrogen-bond donors (Lipinski definition) is 2. The summed E-state index contributed by atoms with van der Waals surface area (Å²) < 4.78 is 27.9. The molecule has 2 rings (SSSR count). The summed E-state index contributed by atoms with van der Waals surface area (Å²) in [7, 11) is -3.46. The van der Waals surface area contributed by atoms with Crippen LogP contribution in [0.3, 0.4) is 0 Å². The van der Waals surface area contributed by atoms with Gasteiger partial charge in [-0.15, -0.1) is 0 Å². The summed E-state index contributed by atoms with van der Waals surface area (Å²) in [6.07, 6.45) is 3.39. The van der Waals surface area contributed by atoms with Gasteiger partial charge in [-0.1, -0.05) is 40.2 Å². The van der Waals surface area contributed by atoms with E-state index in [1.54, 1.807) is 24.3 Å². The average molecular weight is 412 g/mol. The molecule has 2 aromatic carbocycles. The molecule has 0 amide bonds. The molecule has 6 heteroatoms. The van der Waals surface area contributed by atoms with Gasteiger partial charge in [-0.25, -0.2) is 13.1 Å². The first-order valence-corrected chi connectivity index (χ1v) is 10.2. The lowest BCUT2D eigenvalue weighted by molar-refractivity contribution is 0.284. The fourth-order valence-electron chi connectivity index (χ4n) is 2.34. The fourth-order valence-corrected chi connectivity index (χ4v) is 3.64. The van der Waals surface area contributed by atoms with Gasteiger partial charge >= 0.3 is 0 Å². The van der Waals surface area contributed by atoms with E-state index in [9.17, 15) is 8.42 Å². The SMILES string of the molecule is O=S(=O)(NCCc1ccc(CCCCO)cc1)c1ccc(Br)cc1. The Balaban J connectivity index is 1.84. The van der Waals surface area contributed by atoms with Crippen LogP contribution in [0, 0.1) is 0 Å². The van der Waals surface area contributed by atoms with Gasteiger partial charge in [0.15, 0.2) is 0 Å². The number of unbranched alkanes of at least 4 members (excludes halogenated alkanes) is 1. The molecule has 0 aliphatic rings. The smallest absolute Gasteiger partial charge is 0.240 e. The first-order chi connectivity index (χ1) is 11.5. The highest BCUT2D eigenvalue weighted by molar-refractivity contribution is 9.10. The molecule has 0 spiro atoms. The molecular weight excluding hydrogens is 390 g/mol. The van der Waals surface area contributed by atoms with Crippen LogP contribution in [0.25, 0.3) is 0 Å². The highest BCUT2D eigenvalue weighted by Gasteiger charge is 2.12. The maximum Gasteiger partial charge on any atom is 0.240 e. The van der Waals surface area contributed by atoms with Gasteiger partial charge in [0.25, 0.3) is 0 Å². The Labute approximate surface area is 152 Å². The molecule has 0 aromatic heterocycles. The van der Waals surface area contributed by atoms with Gasteiger partial charge in [-0.05, 0) is 61.1 Å². The monoisotopic (exact) mass is 411 g/mol. The average Bonchev–Trinajstić information content (AvgIpc) is 2.57. The molecule has 0 atom stereocenters. The highest BCUT2D eigenvalue weighted by atomic mass is 79.9. The van der Waals surface area contributed by atoms with Crippen molar-refractivity contribution in [2.75, 3.05) is 13.2 Å². The summed E-state index contributed by atoms with van der Waals surface area (Å²) in [6, 6.07) is 14.8. The minimum absolute atomic E-state index is 0.233. The van der Waals surface area contributed by atoms with Crippen LogP contribution in [0.5, 0.6) is 0 Å². The number of benzene rings is 2. The van der Waals surface area contributed by atoms with Crippen LogP contribution in [-0.4, -0.2) is 26.7 Å². The van der Waals surface area contributed by atoms with E-state index in [1.165, 1.54) is 5.56 Å². The number of aliphatic hydroxyl groups excluding tert-OH is 1. The maximum atomic E-state index is 12.2. The lowest BCUT2D eigenvalue weighted by Crippen LogP contribution is -2.25. The number of aliphatic hydroxyl groups is 1. The van der Waals surface area contributed by atoms with Crippen molar-refractivity contribution < 1.29 is 13.5 Å².